The van der Waals surface area contributed by atoms with Crippen molar-refractivity contribution < 1.29 is 8.42 Å². The van der Waals surface area contributed by atoms with E-state index in [1.165, 1.54) is 12.8 Å². The minimum Gasteiger partial charge on any atom is -0.316 e. The van der Waals surface area contributed by atoms with E-state index in [0.717, 1.165) is 25.8 Å². The molecule has 120 valence electrons. The van der Waals surface area contributed by atoms with Crippen LogP contribution in [0.4, 0.5) is 0 Å². The number of rotatable bonds is 9. The average Bonchev–Trinajstić information content (AvgIpc) is 2.81. The molecular weight excluding hydrogens is 272 g/mol. The van der Waals surface area contributed by atoms with Crippen LogP contribution in [0.15, 0.2) is 0 Å². The lowest BCUT2D eigenvalue weighted by Crippen LogP contribution is -2.43. The fourth-order valence-electron chi connectivity index (χ4n) is 3.30. The molecule has 1 fully saturated rings. The van der Waals surface area contributed by atoms with Gasteiger partial charge < -0.3 is 5.32 Å². The highest BCUT2D eigenvalue weighted by atomic mass is 32.2. The Morgan fingerprint density at radius 2 is 1.75 bits per heavy atom. The van der Waals surface area contributed by atoms with Gasteiger partial charge in [0.1, 0.15) is 0 Å². The molecule has 0 radical (unpaired) electrons. The average molecular weight is 305 g/mol. The fraction of sp³-hybridized carbons (Fsp3) is 1.00. The molecule has 0 bridgehead atoms. The first-order valence-corrected chi connectivity index (χ1v) is 9.55. The summed E-state index contributed by atoms with van der Waals surface area (Å²) in [7, 11) is -3.21. The number of hydrogen-bond donors (Lipinski definition) is 2. The second-order valence-corrected chi connectivity index (χ2v) is 8.97. The third-order valence-corrected chi connectivity index (χ3v) is 6.14. The van der Waals surface area contributed by atoms with Gasteiger partial charge in [-0.15, -0.1) is 0 Å². The molecule has 4 nitrogen and oxygen atoms in total. The summed E-state index contributed by atoms with van der Waals surface area (Å²) in [5.74, 6) is 0.622. The minimum absolute atomic E-state index is 0.194. The van der Waals surface area contributed by atoms with E-state index in [1.807, 2.05) is 6.92 Å². The predicted molar refractivity (Wildman–Crippen MR) is 85.3 cm³/mol. The zero-order chi connectivity index (χ0) is 15.2. The van der Waals surface area contributed by atoms with Gasteiger partial charge in [0.25, 0.3) is 0 Å². The van der Waals surface area contributed by atoms with Crippen LogP contribution in [0.3, 0.4) is 0 Å². The van der Waals surface area contributed by atoms with Crippen molar-refractivity contribution >= 4 is 10.0 Å². The molecule has 0 aromatic rings. The van der Waals surface area contributed by atoms with Crippen molar-refractivity contribution in [3.8, 4) is 0 Å². The van der Waals surface area contributed by atoms with Gasteiger partial charge in [-0.2, -0.15) is 0 Å². The van der Waals surface area contributed by atoms with Gasteiger partial charge in [0.2, 0.25) is 10.0 Å². The minimum atomic E-state index is -3.21. The van der Waals surface area contributed by atoms with E-state index >= 15 is 0 Å². The zero-order valence-corrected chi connectivity index (χ0v) is 14.4. The van der Waals surface area contributed by atoms with Gasteiger partial charge in [-0.05, 0) is 44.1 Å². The third-order valence-electron chi connectivity index (χ3n) is 4.37. The van der Waals surface area contributed by atoms with Crippen molar-refractivity contribution in [1.29, 1.82) is 0 Å². The van der Waals surface area contributed by atoms with E-state index < -0.39 is 10.0 Å². The molecule has 0 aromatic heterocycles. The van der Waals surface area contributed by atoms with E-state index in [-0.39, 0.29) is 10.7 Å². The molecule has 1 aliphatic carbocycles. The van der Waals surface area contributed by atoms with Gasteiger partial charge in [-0.3, -0.25) is 0 Å². The Hall–Kier alpha value is -0.130. The van der Waals surface area contributed by atoms with Crippen molar-refractivity contribution in [2.45, 2.75) is 65.0 Å². The van der Waals surface area contributed by atoms with E-state index in [0.29, 0.717) is 19.0 Å². The third kappa shape index (κ3) is 5.34. The Bertz CT molecular complexity index is 373. The first-order valence-electron chi connectivity index (χ1n) is 8.00. The number of hydrogen-bond acceptors (Lipinski definition) is 3. The van der Waals surface area contributed by atoms with Crippen LogP contribution in [-0.4, -0.2) is 33.3 Å². The first-order chi connectivity index (χ1) is 9.31. The van der Waals surface area contributed by atoms with Gasteiger partial charge in [-0.25, -0.2) is 13.1 Å². The Morgan fingerprint density at radius 1 is 1.15 bits per heavy atom. The summed E-state index contributed by atoms with van der Waals surface area (Å²) < 4.78 is 27.4. The van der Waals surface area contributed by atoms with Gasteiger partial charge in [0, 0.05) is 13.1 Å². The molecule has 0 saturated heterocycles. The van der Waals surface area contributed by atoms with Crippen LogP contribution in [0.1, 0.15) is 59.8 Å². The molecule has 1 saturated carbocycles. The topological polar surface area (TPSA) is 58.2 Å². The van der Waals surface area contributed by atoms with E-state index in [4.69, 9.17) is 0 Å². The largest absolute Gasteiger partial charge is 0.316 e. The number of nitrogens with one attached hydrogen (secondary N) is 2. The molecule has 0 amide bonds. The lowest BCUT2D eigenvalue weighted by molar-refractivity contribution is 0.236. The Morgan fingerprint density at radius 3 is 2.25 bits per heavy atom. The maximum atomic E-state index is 12.3. The van der Waals surface area contributed by atoms with E-state index in [9.17, 15) is 8.42 Å². The monoisotopic (exact) mass is 304 g/mol. The maximum absolute atomic E-state index is 12.3. The standard InChI is InChI=1S/C15H32N2O2S/c1-5-16-11-14(4)20(18,19)17-12-15(10-13(2)3)8-6-7-9-15/h13-14,16-17H,5-12H2,1-4H3. The molecule has 0 heterocycles. The fourth-order valence-corrected chi connectivity index (χ4v) is 4.43. The van der Waals surface area contributed by atoms with Gasteiger partial charge in [0.15, 0.2) is 0 Å². The lowest BCUT2D eigenvalue weighted by atomic mass is 9.79. The molecular formula is C15H32N2O2S. The molecule has 20 heavy (non-hydrogen) atoms. The van der Waals surface area contributed by atoms with Crippen molar-refractivity contribution in [2.75, 3.05) is 19.6 Å². The van der Waals surface area contributed by atoms with E-state index in [2.05, 4.69) is 23.9 Å². The normalized spacial score (nSPS) is 20.4. The summed E-state index contributed by atoms with van der Waals surface area (Å²) in [6.07, 6.45) is 5.92. The Kier molecular flexibility index (Phi) is 6.95. The van der Waals surface area contributed by atoms with Crippen molar-refractivity contribution in [3.05, 3.63) is 0 Å². The summed E-state index contributed by atoms with van der Waals surface area (Å²) in [5, 5.41) is 2.73. The van der Waals surface area contributed by atoms with Crippen LogP contribution in [0, 0.1) is 11.3 Å². The maximum Gasteiger partial charge on any atom is 0.215 e. The lowest BCUT2D eigenvalue weighted by Gasteiger charge is -2.31. The van der Waals surface area contributed by atoms with Crippen LogP contribution < -0.4 is 10.0 Å². The van der Waals surface area contributed by atoms with Crippen molar-refractivity contribution in [3.63, 3.8) is 0 Å². The quantitative estimate of drug-likeness (QED) is 0.688. The summed E-state index contributed by atoms with van der Waals surface area (Å²) in [4.78, 5) is 0. The summed E-state index contributed by atoms with van der Waals surface area (Å²) in [5.41, 5.74) is 0.194. The molecule has 1 aliphatic rings. The number of sulfonamides is 1. The van der Waals surface area contributed by atoms with Crippen molar-refractivity contribution in [2.24, 2.45) is 11.3 Å². The molecule has 2 N–H and O–H groups in total. The highest BCUT2D eigenvalue weighted by molar-refractivity contribution is 7.90. The van der Waals surface area contributed by atoms with Crippen LogP contribution in [0.5, 0.6) is 0 Å². The second-order valence-electron chi connectivity index (χ2n) is 6.79. The second kappa shape index (κ2) is 7.76. The van der Waals surface area contributed by atoms with Gasteiger partial charge >= 0.3 is 0 Å². The summed E-state index contributed by atoms with van der Waals surface area (Å²) in [6, 6.07) is 0. The zero-order valence-electron chi connectivity index (χ0n) is 13.5. The Labute approximate surface area is 125 Å². The van der Waals surface area contributed by atoms with E-state index in [1.54, 1.807) is 6.92 Å². The van der Waals surface area contributed by atoms with Gasteiger partial charge in [0.05, 0.1) is 5.25 Å². The molecule has 0 aliphatic heterocycles. The van der Waals surface area contributed by atoms with Crippen LogP contribution in [0.2, 0.25) is 0 Å². The van der Waals surface area contributed by atoms with Crippen molar-refractivity contribution in [1.82, 2.24) is 10.0 Å². The van der Waals surface area contributed by atoms with Crippen LogP contribution in [0.25, 0.3) is 0 Å². The summed E-state index contributed by atoms with van der Waals surface area (Å²) >= 11 is 0. The van der Waals surface area contributed by atoms with Gasteiger partial charge in [-0.1, -0.05) is 33.6 Å². The molecule has 1 atom stereocenters. The highest BCUT2D eigenvalue weighted by Crippen LogP contribution is 2.42. The summed E-state index contributed by atoms with van der Waals surface area (Å²) in [6.45, 7) is 10.1. The predicted octanol–water partition coefficient (Wildman–Crippen LogP) is 2.51. The molecule has 0 spiro atoms. The SMILES string of the molecule is CCNCC(C)S(=O)(=O)NCC1(CC(C)C)CCCC1. The van der Waals surface area contributed by atoms with Crippen LogP contribution >= 0.6 is 0 Å². The molecule has 1 unspecified atom stereocenters. The molecule has 5 heteroatoms. The molecule has 1 rings (SSSR count). The highest BCUT2D eigenvalue weighted by Gasteiger charge is 2.35. The smallest absolute Gasteiger partial charge is 0.215 e. The first kappa shape index (κ1) is 17.9. The Balaban J connectivity index is 2.58. The van der Waals surface area contributed by atoms with Crippen LogP contribution in [-0.2, 0) is 10.0 Å². The molecule has 0 aromatic carbocycles.